The first-order valence-corrected chi connectivity index (χ1v) is 11.9. The number of carbonyl (C=O) groups excluding carboxylic acids is 3. The molecule has 0 bridgehead atoms. The molecule has 1 heterocycles. The summed E-state index contributed by atoms with van der Waals surface area (Å²) in [7, 11) is 0. The Hall–Kier alpha value is -4.21. The van der Waals surface area contributed by atoms with Gasteiger partial charge in [-0.1, -0.05) is 13.8 Å². The molecular formula is C22H37N9O7. The van der Waals surface area contributed by atoms with Crippen molar-refractivity contribution < 1.29 is 34.2 Å². The lowest BCUT2D eigenvalue weighted by Crippen LogP contribution is -2.57. The molecule has 0 saturated heterocycles. The lowest BCUT2D eigenvalue weighted by molar-refractivity contribution is -0.143. The Labute approximate surface area is 219 Å². The number of carboxylic acid groups (broad SMARTS) is 2. The van der Waals surface area contributed by atoms with Crippen molar-refractivity contribution >= 4 is 35.6 Å². The van der Waals surface area contributed by atoms with Gasteiger partial charge in [0.05, 0.1) is 18.8 Å². The van der Waals surface area contributed by atoms with Crippen LogP contribution in [0.3, 0.4) is 0 Å². The zero-order valence-corrected chi connectivity index (χ0v) is 21.3. The van der Waals surface area contributed by atoms with E-state index in [2.05, 4.69) is 30.9 Å². The summed E-state index contributed by atoms with van der Waals surface area (Å²) in [5.74, 6) is -5.32. The monoisotopic (exact) mass is 539 g/mol. The molecule has 12 N–H and O–H groups in total. The van der Waals surface area contributed by atoms with Crippen molar-refractivity contribution in [2.75, 3.05) is 6.54 Å². The van der Waals surface area contributed by atoms with Crippen LogP contribution < -0.4 is 33.2 Å². The van der Waals surface area contributed by atoms with Crippen LogP contribution in [0.5, 0.6) is 0 Å². The van der Waals surface area contributed by atoms with E-state index in [0.29, 0.717) is 12.1 Å². The molecule has 4 unspecified atom stereocenters. The standard InChI is InChI=1S/C22H37N9O7/c1-11(2)6-13(23)18(34)30-15(8-17(32)33)20(36)29-14(4-3-5-27-22(24)25)19(35)31-16(21(37)38)7-12-9-26-10-28-12/h9-11,13-16H,3-8,23H2,1-2H3,(H,26,28)(H,29,36)(H,30,34)(H,31,35)(H,32,33)(H,37,38)(H4,24,25,27). The molecule has 0 aliphatic rings. The van der Waals surface area contributed by atoms with E-state index in [4.69, 9.17) is 17.2 Å². The summed E-state index contributed by atoms with van der Waals surface area (Å²) in [5.41, 5.74) is 16.9. The fourth-order valence-corrected chi connectivity index (χ4v) is 3.41. The van der Waals surface area contributed by atoms with Crippen LogP contribution in [0.4, 0.5) is 0 Å². The smallest absolute Gasteiger partial charge is 0.326 e. The maximum absolute atomic E-state index is 13.0. The number of guanidine groups is 1. The molecule has 0 aromatic carbocycles. The highest BCUT2D eigenvalue weighted by Gasteiger charge is 2.31. The molecule has 1 aromatic heterocycles. The number of aliphatic imine (C=N–C) groups is 1. The SMILES string of the molecule is CC(C)CC(N)C(=O)NC(CC(=O)O)C(=O)NC(CCCN=C(N)N)C(=O)NC(Cc1cnc[nH]1)C(=O)O. The van der Waals surface area contributed by atoms with Crippen molar-refractivity contribution in [2.45, 2.75) is 70.1 Å². The summed E-state index contributed by atoms with van der Waals surface area (Å²) in [6, 6.07) is -5.16. The van der Waals surface area contributed by atoms with E-state index in [1.54, 1.807) is 0 Å². The van der Waals surface area contributed by atoms with Crippen molar-refractivity contribution in [1.82, 2.24) is 25.9 Å². The van der Waals surface area contributed by atoms with E-state index in [0.717, 1.165) is 0 Å². The molecule has 4 atom stereocenters. The van der Waals surface area contributed by atoms with Crippen LogP contribution in [0.25, 0.3) is 0 Å². The number of imidazole rings is 1. The Morgan fingerprint density at radius 1 is 1.00 bits per heavy atom. The van der Waals surface area contributed by atoms with Gasteiger partial charge < -0.3 is 48.3 Å². The first-order valence-electron chi connectivity index (χ1n) is 11.9. The maximum atomic E-state index is 13.0. The molecule has 1 rings (SSSR count). The number of rotatable bonds is 17. The number of hydrogen-bond acceptors (Lipinski definition) is 8. The van der Waals surface area contributed by atoms with Gasteiger partial charge in [-0.15, -0.1) is 0 Å². The van der Waals surface area contributed by atoms with Gasteiger partial charge in [-0.2, -0.15) is 0 Å². The lowest BCUT2D eigenvalue weighted by Gasteiger charge is -2.25. The molecule has 0 radical (unpaired) electrons. The second-order valence-corrected chi connectivity index (χ2v) is 9.09. The number of aromatic nitrogens is 2. The van der Waals surface area contributed by atoms with E-state index in [1.807, 2.05) is 13.8 Å². The fourth-order valence-electron chi connectivity index (χ4n) is 3.41. The number of nitrogens with two attached hydrogens (primary N) is 3. The summed E-state index contributed by atoms with van der Waals surface area (Å²) in [6.45, 7) is 3.80. The molecular weight excluding hydrogens is 502 g/mol. The van der Waals surface area contributed by atoms with E-state index in [1.165, 1.54) is 12.5 Å². The number of aliphatic carboxylic acids is 2. The highest BCUT2D eigenvalue weighted by atomic mass is 16.4. The van der Waals surface area contributed by atoms with E-state index in [9.17, 15) is 34.2 Å². The second-order valence-electron chi connectivity index (χ2n) is 9.09. The van der Waals surface area contributed by atoms with Gasteiger partial charge >= 0.3 is 11.9 Å². The minimum atomic E-state index is -1.54. The normalized spacial score (nSPS) is 14.0. The predicted octanol–water partition coefficient (Wildman–Crippen LogP) is -2.61. The van der Waals surface area contributed by atoms with E-state index < -0.39 is 60.2 Å². The lowest BCUT2D eigenvalue weighted by atomic mass is 10.0. The fraction of sp³-hybridized carbons (Fsp3) is 0.591. The van der Waals surface area contributed by atoms with Crippen LogP contribution in [-0.4, -0.2) is 86.5 Å². The molecule has 212 valence electrons. The molecule has 0 spiro atoms. The van der Waals surface area contributed by atoms with Gasteiger partial charge in [0, 0.05) is 24.9 Å². The summed E-state index contributed by atoms with van der Waals surface area (Å²) in [5, 5.41) is 25.9. The molecule has 38 heavy (non-hydrogen) atoms. The Morgan fingerprint density at radius 2 is 1.61 bits per heavy atom. The zero-order valence-electron chi connectivity index (χ0n) is 21.3. The van der Waals surface area contributed by atoms with Crippen molar-refractivity contribution in [2.24, 2.45) is 28.1 Å². The topological polar surface area (TPSA) is 281 Å². The van der Waals surface area contributed by atoms with Gasteiger partial charge in [0.25, 0.3) is 0 Å². The number of carbonyl (C=O) groups is 5. The number of aromatic amines is 1. The van der Waals surface area contributed by atoms with Crippen molar-refractivity contribution in [3.8, 4) is 0 Å². The van der Waals surface area contributed by atoms with Gasteiger partial charge in [0.15, 0.2) is 5.96 Å². The molecule has 0 fully saturated rings. The number of carboxylic acids is 2. The van der Waals surface area contributed by atoms with Crippen LogP contribution in [0.1, 0.15) is 45.2 Å². The molecule has 0 aliphatic heterocycles. The highest BCUT2D eigenvalue weighted by molar-refractivity contribution is 5.95. The highest BCUT2D eigenvalue weighted by Crippen LogP contribution is 2.06. The zero-order chi connectivity index (χ0) is 28.8. The summed E-state index contributed by atoms with van der Waals surface area (Å²) >= 11 is 0. The van der Waals surface area contributed by atoms with Gasteiger partial charge in [0.1, 0.15) is 18.1 Å². The average Bonchev–Trinajstić information content (AvgIpc) is 3.32. The number of nitrogens with zero attached hydrogens (tertiary/aromatic N) is 2. The predicted molar refractivity (Wildman–Crippen MR) is 135 cm³/mol. The Balaban J connectivity index is 3.05. The van der Waals surface area contributed by atoms with Gasteiger partial charge in [-0.25, -0.2) is 9.78 Å². The Morgan fingerprint density at radius 3 is 2.13 bits per heavy atom. The Bertz CT molecular complexity index is 978. The van der Waals surface area contributed by atoms with Gasteiger partial charge in [-0.3, -0.25) is 24.2 Å². The molecule has 1 aromatic rings. The third-order valence-corrected chi connectivity index (χ3v) is 5.25. The van der Waals surface area contributed by atoms with Gasteiger partial charge in [0.2, 0.25) is 17.7 Å². The van der Waals surface area contributed by atoms with Gasteiger partial charge in [-0.05, 0) is 25.2 Å². The maximum Gasteiger partial charge on any atom is 0.326 e. The van der Waals surface area contributed by atoms with E-state index >= 15 is 0 Å². The minimum absolute atomic E-state index is 0.0225. The van der Waals surface area contributed by atoms with E-state index in [-0.39, 0.29) is 37.7 Å². The first kappa shape index (κ1) is 31.8. The van der Waals surface area contributed by atoms with Crippen LogP contribution in [0.15, 0.2) is 17.5 Å². The van der Waals surface area contributed by atoms with Crippen molar-refractivity contribution in [3.05, 3.63) is 18.2 Å². The van der Waals surface area contributed by atoms with Crippen molar-refractivity contribution in [3.63, 3.8) is 0 Å². The molecule has 0 saturated carbocycles. The molecule has 0 aliphatic carbocycles. The van der Waals surface area contributed by atoms with Crippen LogP contribution in [0, 0.1) is 5.92 Å². The number of H-pyrrole nitrogens is 1. The largest absolute Gasteiger partial charge is 0.481 e. The third kappa shape index (κ3) is 12.2. The molecule has 3 amide bonds. The average molecular weight is 540 g/mol. The summed E-state index contributed by atoms with van der Waals surface area (Å²) in [6.07, 6.45) is 2.37. The molecule has 16 nitrogen and oxygen atoms in total. The second kappa shape index (κ2) is 15.8. The van der Waals surface area contributed by atoms with Crippen LogP contribution in [-0.2, 0) is 30.4 Å². The first-order chi connectivity index (χ1) is 17.8. The minimum Gasteiger partial charge on any atom is -0.481 e. The number of hydrogen-bond donors (Lipinski definition) is 9. The Kier molecular flexibility index (Phi) is 13.2. The third-order valence-electron chi connectivity index (χ3n) is 5.25. The number of nitrogens with one attached hydrogen (secondary N) is 4. The van der Waals surface area contributed by atoms with Crippen LogP contribution in [0.2, 0.25) is 0 Å². The quantitative estimate of drug-likeness (QED) is 0.0561. The molecule has 16 heteroatoms. The number of amides is 3. The van der Waals surface area contributed by atoms with Crippen LogP contribution >= 0.6 is 0 Å². The summed E-state index contributed by atoms with van der Waals surface area (Å²) in [4.78, 5) is 71.9. The summed E-state index contributed by atoms with van der Waals surface area (Å²) < 4.78 is 0. The van der Waals surface area contributed by atoms with Crippen molar-refractivity contribution in [1.29, 1.82) is 0 Å².